The predicted molar refractivity (Wildman–Crippen MR) is 166 cm³/mol. The summed E-state index contributed by atoms with van der Waals surface area (Å²) in [5, 5.41) is 10.8. The van der Waals surface area contributed by atoms with Gasteiger partial charge in [0.15, 0.2) is 16.6 Å². The van der Waals surface area contributed by atoms with Crippen molar-refractivity contribution in [2.45, 2.75) is 13.5 Å². The second-order valence-corrected chi connectivity index (χ2v) is 10.4. The highest BCUT2D eigenvalue weighted by Crippen LogP contribution is 2.29. The number of aryl methyl sites for hydroxylation is 1. The molecule has 4 aromatic carbocycles. The van der Waals surface area contributed by atoms with Crippen LogP contribution in [0.1, 0.15) is 27.0 Å². The van der Waals surface area contributed by atoms with Crippen LogP contribution in [0, 0.1) is 6.92 Å². The summed E-state index contributed by atoms with van der Waals surface area (Å²) in [6, 6.07) is 28.3. The minimum absolute atomic E-state index is 0.318. The number of hydrogen-bond donors (Lipinski definition) is 2. The topological polar surface area (TPSA) is 84.8 Å². The van der Waals surface area contributed by atoms with Gasteiger partial charge in [-0.3, -0.25) is 4.79 Å². The molecule has 0 atom stereocenters. The quantitative estimate of drug-likeness (QED) is 0.129. The fourth-order valence-corrected chi connectivity index (χ4v) is 4.74. The van der Waals surface area contributed by atoms with Gasteiger partial charge < -0.3 is 14.8 Å². The minimum atomic E-state index is -0.318. The summed E-state index contributed by atoms with van der Waals surface area (Å²) in [5.41, 5.74) is 8.71. The Morgan fingerprint density at radius 2 is 1.73 bits per heavy atom. The summed E-state index contributed by atoms with van der Waals surface area (Å²) < 4.78 is 11.4. The van der Waals surface area contributed by atoms with Gasteiger partial charge in [0, 0.05) is 27.2 Å². The number of hydrogen-bond acceptors (Lipinski definition) is 7. The summed E-state index contributed by atoms with van der Waals surface area (Å²) >= 11 is 7.45. The van der Waals surface area contributed by atoms with E-state index in [2.05, 4.69) is 33.0 Å². The first-order valence-electron chi connectivity index (χ1n) is 12.8. The van der Waals surface area contributed by atoms with E-state index in [1.54, 1.807) is 31.5 Å². The van der Waals surface area contributed by atoms with E-state index in [1.165, 1.54) is 16.9 Å². The van der Waals surface area contributed by atoms with Gasteiger partial charge in [0.05, 0.1) is 19.0 Å². The van der Waals surface area contributed by atoms with Crippen LogP contribution < -0.4 is 20.2 Å². The lowest BCUT2D eigenvalue weighted by Crippen LogP contribution is -2.17. The maximum Gasteiger partial charge on any atom is 0.271 e. The highest BCUT2D eigenvalue weighted by Gasteiger charge is 2.09. The molecule has 5 rings (SSSR count). The van der Waals surface area contributed by atoms with Crippen molar-refractivity contribution in [3.8, 4) is 22.8 Å². The largest absolute Gasteiger partial charge is 0.493 e. The number of carbonyl (C=O) groups excluding carboxylic acids is 1. The SMILES string of the molecule is COc1cc(/C=N\NC(=O)c2ccc(-c3csc(Nc4ccc(Cl)cc4)n3)cc2)ccc1OCc1ccc(C)cc1. The van der Waals surface area contributed by atoms with E-state index in [0.29, 0.717) is 28.7 Å². The maximum absolute atomic E-state index is 12.6. The number of aromatic nitrogens is 1. The van der Waals surface area contributed by atoms with Crippen molar-refractivity contribution >= 4 is 45.9 Å². The molecule has 0 saturated heterocycles. The Labute approximate surface area is 247 Å². The number of carbonyl (C=O) groups is 1. The van der Waals surface area contributed by atoms with Gasteiger partial charge in [0.25, 0.3) is 5.91 Å². The second kappa shape index (κ2) is 13.1. The number of nitrogens with zero attached hydrogens (tertiary/aromatic N) is 2. The van der Waals surface area contributed by atoms with Gasteiger partial charge in [0.1, 0.15) is 6.61 Å². The van der Waals surface area contributed by atoms with Crippen molar-refractivity contribution in [2.24, 2.45) is 5.10 Å². The van der Waals surface area contributed by atoms with Gasteiger partial charge >= 0.3 is 0 Å². The van der Waals surface area contributed by atoms with Crippen LogP contribution in [0.15, 0.2) is 101 Å². The van der Waals surface area contributed by atoms with E-state index in [9.17, 15) is 4.79 Å². The van der Waals surface area contributed by atoms with Crippen molar-refractivity contribution in [1.29, 1.82) is 0 Å². The van der Waals surface area contributed by atoms with Crippen molar-refractivity contribution < 1.29 is 14.3 Å². The van der Waals surface area contributed by atoms with E-state index >= 15 is 0 Å². The van der Waals surface area contributed by atoms with Crippen molar-refractivity contribution in [3.63, 3.8) is 0 Å². The Kier molecular flexibility index (Phi) is 8.93. The summed E-state index contributed by atoms with van der Waals surface area (Å²) in [6.07, 6.45) is 1.56. The Morgan fingerprint density at radius 3 is 2.46 bits per heavy atom. The molecule has 1 aromatic heterocycles. The minimum Gasteiger partial charge on any atom is -0.493 e. The average molecular weight is 583 g/mol. The van der Waals surface area contributed by atoms with Crippen molar-refractivity contribution in [1.82, 2.24) is 10.4 Å². The van der Waals surface area contributed by atoms with Crippen LogP contribution >= 0.6 is 22.9 Å². The summed E-state index contributed by atoms with van der Waals surface area (Å²) in [5.74, 6) is 0.889. The smallest absolute Gasteiger partial charge is 0.271 e. The third-order valence-corrected chi connectivity index (χ3v) is 7.13. The lowest BCUT2D eigenvalue weighted by molar-refractivity contribution is 0.0955. The molecular formula is C32H27ClN4O3S. The molecule has 0 unspecified atom stereocenters. The number of hydrazone groups is 1. The molecule has 0 aliphatic heterocycles. The molecule has 2 N–H and O–H groups in total. The van der Waals surface area contributed by atoms with Crippen molar-refractivity contribution in [2.75, 3.05) is 12.4 Å². The van der Waals surface area contributed by atoms with Gasteiger partial charge in [0.2, 0.25) is 0 Å². The van der Waals surface area contributed by atoms with Crippen LogP contribution in [0.25, 0.3) is 11.3 Å². The molecule has 5 aromatic rings. The van der Waals surface area contributed by atoms with E-state index in [-0.39, 0.29) is 5.91 Å². The van der Waals surface area contributed by atoms with Crippen LogP contribution in [0.3, 0.4) is 0 Å². The van der Waals surface area contributed by atoms with Crippen LogP contribution in [0.5, 0.6) is 11.5 Å². The molecule has 0 aliphatic carbocycles. The lowest BCUT2D eigenvalue weighted by atomic mass is 10.1. The first kappa shape index (κ1) is 27.9. The van der Waals surface area contributed by atoms with E-state index in [4.69, 9.17) is 21.1 Å². The predicted octanol–water partition coefficient (Wildman–Crippen LogP) is 7.87. The third kappa shape index (κ3) is 7.51. The Morgan fingerprint density at radius 1 is 0.976 bits per heavy atom. The molecule has 206 valence electrons. The third-order valence-electron chi connectivity index (χ3n) is 6.12. The standard InChI is InChI=1S/C32H27ClN4O3S/c1-21-3-5-22(6-4-21)19-40-29-16-7-23(17-30(29)39-2)18-34-37-31(38)25-10-8-24(9-11-25)28-20-41-32(36-28)35-27-14-12-26(33)13-15-27/h3-18,20H,19H2,1-2H3,(H,35,36)(H,37,38)/b34-18-. The highest BCUT2D eigenvalue weighted by atomic mass is 35.5. The van der Waals surface area contributed by atoms with E-state index < -0.39 is 0 Å². The molecule has 0 fully saturated rings. The number of benzene rings is 4. The van der Waals surface area contributed by atoms with Gasteiger partial charge in [-0.1, -0.05) is 53.6 Å². The number of halogens is 1. The lowest BCUT2D eigenvalue weighted by Gasteiger charge is -2.11. The first-order valence-corrected chi connectivity index (χ1v) is 14.0. The number of rotatable bonds is 10. The van der Waals surface area contributed by atoms with Gasteiger partial charge in [-0.05, 0) is 72.6 Å². The Hall–Kier alpha value is -4.66. The zero-order chi connectivity index (χ0) is 28.6. The number of ether oxygens (including phenoxy) is 2. The number of anilines is 2. The molecule has 0 spiro atoms. The summed E-state index contributed by atoms with van der Waals surface area (Å²) in [7, 11) is 1.59. The zero-order valence-corrected chi connectivity index (χ0v) is 24.0. The summed E-state index contributed by atoms with van der Waals surface area (Å²) in [6.45, 7) is 2.48. The van der Waals surface area contributed by atoms with Gasteiger partial charge in [-0.15, -0.1) is 11.3 Å². The maximum atomic E-state index is 12.6. The molecule has 1 heterocycles. The number of methoxy groups -OCH3 is 1. The van der Waals surface area contributed by atoms with E-state index in [1.807, 2.05) is 73.0 Å². The molecule has 0 aliphatic rings. The first-order chi connectivity index (χ1) is 20.0. The number of amides is 1. The molecule has 0 bridgehead atoms. The molecule has 0 saturated carbocycles. The zero-order valence-electron chi connectivity index (χ0n) is 22.4. The Balaban J connectivity index is 1.15. The van der Waals surface area contributed by atoms with Gasteiger partial charge in [-0.2, -0.15) is 5.10 Å². The fraction of sp³-hybridized carbons (Fsp3) is 0.0938. The molecule has 7 nitrogen and oxygen atoms in total. The van der Waals surface area contributed by atoms with Gasteiger partial charge in [-0.25, -0.2) is 10.4 Å². The Bertz CT molecular complexity index is 1650. The van der Waals surface area contributed by atoms with E-state index in [0.717, 1.165) is 33.2 Å². The molecular weight excluding hydrogens is 556 g/mol. The fourth-order valence-electron chi connectivity index (χ4n) is 3.87. The molecule has 41 heavy (non-hydrogen) atoms. The molecule has 9 heteroatoms. The highest BCUT2D eigenvalue weighted by molar-refractivity contribution is 7.14. The normalized spacial score (nSPS) is 10.9. The van der Waals surface area contributed by atoms with Crippen LogP contribution in [0.2, 0.25) is 5.02 Å². The van der Waals surface area contributed by atoms with Crippen LogP contribution in [0.4, 0.5) is 10.8 Å². The summed E-state index contributed by atoms with van der Waals surface area (Å²) in [4.78, 5) is 17.3. The van der Waals surface area contributed by atoms with Crippen LogP contribution in [-0.4, -0.2) is 24.2 Å². The van der Waals surface area contributed by atoms with Crippen molar-refractivity contribution in [3.05, 3.63) is 124 Å². The molecule has 1 amide bonds. The average Bonchev–Trinajstić information content (AvgIpc) is 3.47. The monoisotopic (exact) mass is 582 g/mol. The second-order valence-electron chi connectivity index (χ2n) is 9.13. The number of thiazole rings is 1. The number of nitrogens with one attached hydrogen (secondary N) is 2. The molecule has 0 radical (unpaired) electrons. The van der Waals surface area contributed by atoms with Crippen LogP contribution in [-0.2, 0) is 6.61 Å².